The van der Waals surface area contributed by atoms with Crippen LogP contribution in [-0.2, 0) is 0 Å². The summed E-state index contributed by atoms with van der Waals surface area (Å²) >= 11 is 0. The third-order valence-electron chi connectivity index (χ3n) is 5.32. The summed E-state index contributed by atoms with van der Waals surface area (Å²) < 4.78 is 16.1. The Bertz CT molecular complexity index is 994. The molecule has 4 rings (SSSR count). The number of nitrogens with zero attached hydrogens (tertiary/aromatic N) is 4. The van der Waals surface area contributed by atoms with E-state index in [1.807, 2.05) is 42.5 Å². The van der Waals surface area contributed by atoms with E-state index in [0.717, 1.165) is 22.5 Å². The molecule has 146 valence electrons. The van der Waals surface area contributed by atoms with Gasteiger partial charge in [0.1, 0.15) is 6.17 Å². The van der Waals surface area contributed by atoms with Crippen LogP contribution < -0.4 is 10.6 Å². The minimum atomic E-state index is -0.960. The predicted octanol–water partition coefficient (Wildman–Crippen LogP) is 4.49. The maximum atomic E-state index is 13.9. The lowest BCUT2D eigenvalue weighted by Gasteiger charge is -2.35. The zero-order chi connectivity index (χ0) is 19.0. The third kappa shape index (κ3) is 3.56. The monoisotopic (exact) mass is 399 g/mol. The molecule has 1 saturated heterocycles. The fraction of sp³-hybridized carbons (Fsp3) is 0.333. The topological polar surface area (TPSA) is 51.4 Å². The number of alkyl halides is 1. The van der Waals surface area contributed by atoms with Crippen LogP contribution >= 0.6 is 12.4 Å². The van der Waals surface area contributed by atoms with E-state index in [1.165, 1.54) is 0 Å². The van der Waals surface area contributed by atoms with Gasteiger partial charge in [0.05, 0.1) is 29.7 Å². The molecule has 0 saturated carbocycles. The van der Waals surface area contributed by atoms with Gasteiger partial charge in [-0.3, -0.25) is 0 Å². The first-order chi connectivity index (χ1) is 13.1. The summed E-state index contributed by atoms with van der Waals surface area (Å²) in [6, 6.07) is 15.2. The lowest BCUT2D eigenvalue weighted by Crippen LogP contribution is -2.50. The van der Waals surface area contributed by atoms with Crippen molar-refractivity contribution in [1.82, 2.24) is 9.55 Å². The molecule has 0 spiro atoms. The maximum absolute atomic E-state index is 13.9. The number of hydrogen-bond donors (Lipinski definition) is 1. The molecule has 3 atom stereocenters. The highest BCUT2D eigenvalue weighted by atomic mass is 35.5. The number of piperidine rings is 1. The summed E-state index contributed by atoms with van der Waals surface area (Å²) in [4.78, 5) is 10.4. The zero-order valence-corrected chi connectivity index (χ0v) is 16.4. The van der Waals surface area contributed by atoms with Gasteiger partial charge in [0, 0.05) is 13.1 Å². The Morgan fingerprint density at radius 3 is 2.61 bits per heavy atom. The molecule has 2 N–H and O–H groups in total. The quantitative estimate of drug-likeness (QED) is 0.660. The number of halogens is 2. The van der Waals surface area contributed by atoms with Gasteiger partial charge in [-0.2, -0.15) is 0 Å². The number of hydrogen-bond acceptors (Lipinski definition) is 3. The first-order valence-electron chi connectivity index (χ1n) is 9.17. The van der Waals surface area contributed by atoms with Crippen LogP contribution in [-0.4, -0.2) is 34.9 Å². The number of imidazole rings is 1. The highest BCUT2D eigenvalue weighted by Gasteiger charge is 2.30. The highest BCUT2D eigenvalue weighted by Crippen LogP contribution is 2.32. The van der Waals surface area contributed by atoms with Crippen LogP contribution in [0.15, 0.2) is 48.5 Å². The molecule has 1 aliphatic rings. The van der Waals surface area contributed by atoms with Gasteiger partial charge in [0.2, 0.25) is 5.95 Å². The molecular formula is C21H23ClFN5. The lowest BCUT2D eigenvalue weighted by atomic mass is 10.0. The normalized spacial score (nSPS) is 20.4. The molecule has 1 aliphatic heterocycles. The molecule has 0 bridgehead atoms. The Balaban J connectivity index is 0.00000225. The summed E-state index contributed by atoms with van der Waals surface area (Å²) in [6.45, 7) is 10.3. The molecule has 28 heavy (non-hydrogen) atoms. The maximum Gasteiger partial charge on any atom is 0.207 e. The van der Waals surface area contributed by atoms with E-state index in [2.05, 4.69) is 27.3 Å². The predicted molar refractivity (Wildman–Crippen MR) is 113 cm³/mol. The van der Waals surface area contributed by atoms with Gasteiger partial charge < -0.3 is 15.2 Å². The summed E-state index contributed by atoms with van der Waals surface area (Å²) in [5, 5.41) is 0. The van der Waals surface area contributed by atoms with Gasteiger partial charge in [-0.25, -0.2) is 14.2 Å². The molecule has 0 amide bonds. The molecule has 0 unspecified atom stereocenters. The third-order valence-corrected chi connectivity index (χ3v) is 5.32. The summed E-state index contributed by atoms with van der Waals surface area (Å²) in [5.74, 6) is 0.820. The molecule has 1 fully saturated rings. The Morgan fingerprint density at radius 2 is 1.93 bits per heavy atom. The Hall–Kier alpha value is -2.62. The Labute approximate surface area is 170 Å². The van der Waals surface area contributed by atoms with Crippen LogP contribution in [0, 0.1) is 6.57 Å². The molecule has 7 heteroatoms. The van der Waals surface area contributed by atoms with Crippen molar-refractivity contribution < 1.29 is 4.39 Å². The van der Waals surface area contributed by atoms with Crippen molar-refractivity contribution in [3.8, 4) is 0 Å². The van der Waals surface area contributed by atoms with E-state index in [0.29, 0.717) is 25.2 Å². The van der Waals surface area contributed by atoms with E-state index in [1.54, 1.807) is 0 Å². The highest BCUT2D eigenvalue weighted by molar-refractivity contribution is 5.85. The average Bonchev–Trinajstić information content (AvgIpc) is 3.09. The van der Waals surface area contributed by atoms with Crippen molar-refractivity contribution in [1.29, 1.82) is 0 Å². The molecule has 0 aliphatic carbocycles. The van der Waals surface area contributed by atoms with Crippen LogP contribution in [0.2, 0.25) is 0 Å². The molecule has 2 heterocycles. The SMILES string of the molecule is Cl.[C-]#[N+]c1ccc([C@@H](C)n2c(N3CC[C@@H](F)[C@H](N)C3)nc3ccccc32)cc1. The van der Waals surface area contributed by atoms with Crippen molar-refractivity contribution in [3.63, 3.8) is 0 Å². The lowest BCUT2D eigenvalue weighted by molar-refractivity contribution is 0.243. The fourth-order valence-electron chi connectivity index (χ4n) is 3.75. The van der Waals surface area contributed by atoms with Gasteiger partial charge >= 0.3 is 0 Å². The van der Waals surface area contributed by atoms with Gasteiger partial charge in [-0.1, -0.05) is 36.4 Å². The van der Waals surface area contributed by atoms with E-state index < -0.39 is 12.2 Å². The molecule has 2 aromatic carbocycles. The summed E-state index contributed by atoms with van der Waals surface area (Å²) in [6.07, 6.45) is -0.545. The number of benzene rings is 2. The van der Waals surface area contributed by atoms with E-state index in [-0.39, 0.29) is 18.4 Å². The second-order valence-electron chi connectivity index (χ2n) is 7.06. The largest absolute Gasteiger partial charge is 0.340 e. The number of para-hydroxylation sites is 2. The molecule has 3 aromatic rings. The van der Waals surface area contributed by atoms with Crippen molar-refractivity contribution in [2.45, 2.75) is 31.6 Å². The molecular weight excluding hydrogens is 377 g/mol. The van der Waals surface area contributed by atoms with Crippen LogP contribution in [0.3, 0.4) is 0 Å². The van der Waals surface area contributed by atoms with Crippen molar-refractivity contribution in [2.75, 3.05) is 18.0 Å². The number of rotatable bonds is 3. The summed E-state index contributed by atoms with van der Waals surface area (Å²) in [5.41, 5.74) is 9.65. The summed E-state index contributed by atoms with van der Waals surface area (Å²) in [7, 11) is 0. The fourth-order valence-corrected chi connectivity index (χ4v) is 3.75. The smallest absolute Gasteiger partial charge is 0.207 e. The number of aromatic nitrogens is 2. The standard InChI is InChI=1S/C21H22FN5.ClH/c1-14(15-7-9-16(24-2)10-8-15)27-20-6-4-3-5-19(20)25-21(27)26-12-11-17(22)18(23)13-26;/h3-10,14,17-18H,11-13,23H2,1H3;1H/t14-,17-,18-;/m1./s1. The average molecular weight is 400 g/mol. The number of anilines is 1. The number of nitrogens with two attached hydrogens (primary N) is 1. The minimum Gasteiger partial charge on any atom is -0.340 e. The Morgan fingerprint density at radius 1 is 1.21 bits per heavy atom. The molecule has 0 radical (unpaired) electrons. The second kappa shape index (κ2) is 8.17. The number of fused-ring (bicyclic) bond motifs is 1. The first-order valence-corrected chi connectivity index (χ1v) is 9.17. The first kappa shape index (κ1) is 20.1. The zero-order valence-electron chi connectivity index (χ0n) is 15.6. The molecule has 5 nitrogen and oxygen atoms in total. The van der Waals surface area contributed by atoms with E-state index in [4.69, 9.17) is 17.3 Å². The van der Waals surface area contributed by atoms with Crippen molar-refractivity contribution in [2.24, 2.45) is 5.73 Å². The van der Waals surface area contributed by atoms with Crippen molar-refractivity contribution >= 4 is 35.1 Å². The van der Waals surface area contributed by atoms with Crippen LogP contribution in [0.1, 0.15) is 24.9 Å². The van der Waals surface area contributed by atoms with E-state index in [9.17, 15) is 4.39 Å². The van der Waals surface area contributed by atoms with Gasteiger partial charge in [-0.05, 0) is 31.0 Å². The Kier molecular flexibility index (Phi) is 5.87. The second-order valence-corrected chi connectivity index (χ2v) is 7.06. The minimum absolute atomic E-state index is 0. The van der Waals surface area contributed by atoms with Gasteiger partial charge in [0.15, 0.2) is 5.69 Å². The van der Waals surface area contributed by atoms with Gasteiger partial charge in [-0.15, -0.1) is 12.4 Å². The van der Waals surface area contributed by atoms with Gasteiger partial charge in [0.25, 0.3) is 0 Å². The van der Waals surface area contributed by atoms with Crippen LogP contribution in [0.5, 0.6) is 0 Å². The van der Waals surface area contributed by atoms with Crippen molar-refractivity contribution in [3.05, 3.63) is 65.5 Å². The van der Waals surface area contributed by atoms with Crippen LogP contribution in [0.4, 0.5) is 16.0 Å². The van der Waals surface area contributed by atoms with E-state index >= 15 is 0 Å². The van der Waals surface area contributed by atoms with Crippen LogP contribution in [0.25, 0.3) is 15.9 Å². The molecule has 1 aromatic heterocycles.